The van der Waals surface area contributed by atoms with Crippen LogP contribution in [0.1, 0.15) is 30.8 Å². The maximum Gasteiger partial charge on any atom is 0.305 e. The van der Waals surface area contributed by atoms with Crippen molar-refractivity contribution in [2.75, 3.05) is 0 Å². The molecule has 0 fully saturated rings. The SMILES string of the molecule is CC(C)(CC(=O)O)NC(=O)c1ccn(-c2ccccc2)n1. The summed E-state index contributed by atoms with van der Waals surface area (Å²) in [6.07, 6.45) is 1.53. The first-order chi connectivity index (χ1) is 9.87. The van der Waals surface area contributed by atoms with Crippen LogP contribution >= 0.6 is 0 Å². The molecule has 0 atom stereocenters. The highest BCUT2D eigenvalue weighted by Crippen LogP contribution is 2.11. The van der Waals surface area contributed by atoms with Crippen LogP contribution in [0.5, 0.6) is 0 Å². The van der Waals surface area contributed by atoms with Crippen molar-refractivity contribution in [3.05, 3.63) is 48.3 Å². The third-order valence-corrected chi connectivity index (χ3v) is 2.89. The Balaban J connectivity index is 2.11. The molecule has 0 aliphatic heterocycles. The standard InChI is InChI=1S/C15H17N3O3/c1-15(2,10-13(19)20)16-14(21)12-8-9-18(17-12)11-6-4-3-5-7-11/h3-9H,10H2,1-2H3,(H,16,21)(H,19,20). The second-order valence-corrected chi connectivity index (χ2v) is 5.39. The number of carbonyl (C=O) groups excluding carboxylic acids is 1. The Kier molecular flexibility index (Phi) is 4.07. The van der Waals surface area contributed by atoms with E-state index in [-0.39, 0.29) is 12.1 Å². The van der Waals surface area contributed by atoms with Crippen LogP contribution in [0.3, 0.4) is 0 Å². The lowest BCUT2D eigenvalue weighted by Gasteiger charge is -2.23. The lowest BCUT2D eigenvalue weighted by Crippen LogP contribution is -2.45. The fraction of sp³-hybridized carbons (Fsp3) is 0.267. The molecule has 2 rings (SSSR count). The van der Waals surface area contributed by atoms with Gasteiger partial charge in [-0.25, -0.2) is 4.68 Å². The van der Waals surface area contributed by atoms with Crippen molar-refractivity contribution in [3.8, 4) is 5.69 Å². The number of carbonyl (C=O) groups is 2. The molecule has 6 nitrogen and oxygen atoms in total. The Morgan fingerprint density at radius 1 is 1.24 bits per heavy atom. The number of para-hydroxylation sites is 1. The number of carboxylic acid groups (broad SMARTS) is 1. The van der Waals surface area contributed by atoms with Gasteiger partial charge in [-0.2, -0.15) is 5.10 Å². The van der Waals surface area contributed by atoms with Gasteiger partial charge in [-0.3, -0.25) is 9.59 Å². The van der Waals surface area contributed by atoms with Crippen molar-refractivity contribution in [2.24, 2.45) is 0 Å². The Morgan fingerprint density at radius 2 is 1.90 bits per heavy atom. The summed E-state index contributed by atoms with van der Waals surface area (Å²) in [5.41, 5.74) is 0.262. The largest absolute Gasteiger partial charge is 0.481 e. The summed E-state index contributed by atoms with van der Waals surface area (Å²) in [6, 6.07) is 11.0. The zero-order valence-corrected chi connectivity index (χ0v) is 11.9. The molecule has 0 aliphatic carbocycles. The summed E-state index contributed by atoms with van der Waals surface area (Å²) in [5, 5.41) is 15.7. The van der Waals surface area contributed by atoms with E-state index in [1.807, 2.05) is 30.3 Å². The molecule has 1 aromatic carbocycles. The summed E-state index contributed by atoms with van der Waals surface area (Å²) in [5.74, 6) is -1.36. The summed E-state index contributed by atoms with van der Waals surface area (Å²) in [4.78, 5) is 22.9. The second-order valence-electron chi connectivity index (χ2n) is 5.39. The lowest BCUT2D eigenvalue weighted by molar-refractivity contribution is -0.138. The number of hydrogen-bond acceptors (Lipinski definition) is 3. The number of nitrogens with one attached hydrogen (secondary N) is 1. The molecule has 0 spiro atoms. The summed E-state index contributed by atoms with van der Waals surface area (Å²) in [6.45, 7) is 3.32. The fourth-order valence-corrected chi connectivity index (χ4v) is 1.96. The van der Waals surface area contributed by atoms with Crippen LogP contribution in [0, 0.1) is 0 Å². The van der Waals surface area contributed by atoms with E-state index in [2.05, 4.69) is 10.4 Å². The third-order valence-electron chi connectivity index (χ3n) is 2.89. The molecule has 0 aliphatic rings. The smallest absolute Gasteiger partial charge is 0.305 e. The molecule has 0 unspecified atom stereocenters. The summed E-state index contributed by atoms with van der Waals surface area (Å²) >= 11 is 0. The van der Waals surface area contributed by atoms with Crippen LogP contribution in [0.2, 0.25) is 0 Å². The van der Waals surface area contributed by atoms with Gasteiger partial charge in [-0.1, -0.05) is 18.2 Å². The van der Waals surface area contributed by atoms with Crippen molar-refractivity contribution >= 4 is 11.9 Å². The summed E-state index contributed by atoms with van der Waals surface area (Å²) in [7, 11) is 0. The fourth-order valence-electron chi connectivity index (χ4n) is 1.96. The van der Waals surface area contributed by atoms with Crippen LogP contribution in [0.4, 0.5) is 0 Å². The highest BCUT2D eigenvalue weighted by atomic mass is 16.4. The number of benzene rings is 1. The Bertz CT molecular complexity index is 647. The molecule has 110 valence electrons. The maximum atomic E-state index is 12.1. The predicted molar refractivity (Wildman–Crippen MR) is 77.4 cm³/mol. The van der Waals surface area contributed by atoms with Gasteiger partial charge >= 0.3 is 5.97 Å². The molecule has 1 heterocycles. The minimum absolute atomic E-state index is 0.155. The number of amides is 1. The Morgan fingerprint density at radius 3 is 2.52 bits per heavy atom. The van der Waals surface area contributed by atoms with E-state index in [0.29, 0.717) is 0 Å². The van der Waals surface area contributed by atoms with Gasteiger partial charge in [0.15, 0.2) is 5.69 Å². The number of aliphatic carboxylic acids is 1. The minimum atomic E-state index is -0.963. The van der Waals surface area contributed by atoms with Crippen LogP contribution in [-0.4, -0.2) is 32.3 Å². The molecular weight excluding hydrogens is 270 g/mol. The average Bonchev–Trinajstić information content (AvgIpc) is 2.87. The molecule has 1 amide bonds. The van der Waals surface area contributed by atoms with E-state index in [1.54, 1.807) is 30.8 Å². The molecule has 0 bridgehead atoms. The van der Waals surface area contributed by atoms with Gasteiger partial charge in [-0.05, 0) is 32.0 Å². The zero-order chi connectivity index (χ0) is 15.5. The van der Waals surface area contributed by atoms with Gasteiger partial charge in [0.25, 0.3) is 5.91 Å². The molecular formula is C15H17N3O3. The van der Waals surface area contributed by atoms with Gasteiger partial charge in [0.05, 0.1) is 12.1 Å². The van der Waals surface area contributed by atoms with E-state index < -0.39 is 17.4 Å². The van der Waals surface area contributed by atoms with Crippen molar-refractivity contribution in [2.45, 2.75) is 25.8 Å². The first-order valence-electron chi connectivity index (χ1n) is 6.53. The maximum absolute atomic E-state index is 12.1. The van der Waals surface area contributed by atoms with E-state index in [1.165, 1.54) is 0 Å². The molecule has 0 saturated carbocycles. The second kappa shape index (κ2) is 5.78. The quantitative estimate of drug-likeness (QED) is 0.879. The van der Waals surface area contributed by atoms with Crippen LogP contribution in [0.15, 0.2) is 42.6 Å². The van der Waals surface area contributed by atoms with Crippen LogP contribution < -0.4 is 5.32 Å². The van der Waals surface area contributed by atoms with Crippen LogP contribution in [-0.2, 0) is 4.79 Å². The predicted octanol–water partition coefficient (Wildman–Crippen LogP) is 1.86. The molecule has 0 radical (unpaired) electrons. The number of aromatic nitrogens is 2. The summed E-state index contributed by atoms with van der Waals surface area (Å²) < 4.78 is 1.60. The van der Waals surface area contributed by atoms with E-state index in [0.717, 1.165) is 5.69 Å². The molecule has 0 saturated heterocycles. The molecule has 1 aromatic heterocycles. The number of rotatable bonds is 5. The Hall–Kier alpha value is -2.63. The molecule has 6 heteroatoms. The first kappa shape index (κ1) is 14.8. The average molecular weight is 287 g/mol. The first-order valence-corrected chi connectivity index (χ1v) is 6.53. The molecule has 21 heavy (non-hydrogen) atoms. The van der Waals surface area contributed by atoms with E-state index in [9.17, 15) is 9.59 Å². The minimum Gasteiger partial charge on any atom is -0.481 e. The van der Waals surface area contributed by atoms with Gasteiger partial charge in [-0.15, -0.1) is 0 Å². The highest BCUT2D eigenvalue weighted by Gasteiger charge is 2.25. The third kappa shape index (κ3) is 3.92. The normalized spacial score (nSPS) is 11.1. The van der Waals surface area contributed by atoms with Crippen molar-refractivity contribution in [1.29, 1.82) is 0 Å². The highest BCUT2D eigenvalue weighted by molar-refractivity contribution is 5.93. The van der Waals surface area contributed by atoms with Gasteiger partial charge in [0.2, 0.25) is 0 Å². The topological polar surface area (TPSA) is 84.2 Å². The number of hydrogen-bond donors (Lipinski definition) is 2. The van der Waals surface area contributed by atoms with E-state index in [4.69, 9.17) is 5.11 Å². The van der Waals surface area contributed by atoms with Crippen molar-refractivity contribution < 1.29 is 14.7 Å². The van der Waals surface area contributed by atoms with Crippen LogP contribution in [0.25, 0.3) is 5.69 Å². The van der Waals surface area contributed by atoms with Crippen molar-refractivity contribution in [1.82, 2.24) is 15.1 Å². The van der Waals surface area contributed by atoms with E-state index >= 15 is 0 Å². The van der Waals surface area contributed by atoms with Gasteiger partial charge in [0, 0.05) is 11.7 Å². The van der Waals surface area contributed by atoms with Gasteiger partial charge in [0.1, 0.15) is 0 Å². The number of carboxylic acids is 1. The molecule has 2 N–H and O–H groups in total. The number of nitrogens with zero attached hydrogens (tertiary/aromatic N) is 2. The Labute approximate surface area is 122 Å². The lowest BCUT2D eigenvalue weighted by atomic mass is 10.0. The zero-order valence-electron chi connectivity index (χ0n) is 11.9. The van der Waals surface area contributed by atoms with Crippen molar-refractivity contribution in [3.63, 3.8) is 0 Å². The monoisotopic (exact) mass is 287 g/mol. The van der Waals surface area contributed by atoms with Gasteiger partial charge < -0.3 is 10.4 Å². The molecule has 2 aromatic rings.